The summed E-state index contributed by atoms with van der Waals surface area (Å²) in [5.74, 6) is -0.145. The monoisotopic (exact) mass is 579 g/mol. The van der Waals surface area contributed by atoms with E-state index in [4.69, 9.17) is 32.7 Å². The molecule has 1 N–H and O–H groups in total. The Labute approximate surface area is 221 Å². The van der Waals surface area contributed by atoms with Crippen molar-refractivity contribution in [3.8, 4) is 5.75 Å². The Morgan fingerprint density at radius 3 is 2.36 bits per heavy atom. The van der Waals surface area contributed by atoms with Gasteiger partial charge in [-0.05, 0) is 49.4 Å². The average molecular weight is 581 g/mol. The minimum Gasteiger partial charge on any atom is -0.492 e. The van der Waals surface area contributed by atoms with E-state index in [1.807, 2.05) is 0 Å². The average Bonchev–Trinajstić information content (AvgIpc) is 2.84. The molecule has 1 aliphatic rings. The van der Waals surface area contributed by atoms with Gasteiger partial charge in [0.05, 0.1) is 41.6 Å². The van der Waals surface area contributed by atoms with Gasteiger partial charge in [0.15, 0.2) is 0 Å². The number of carbonyl (C=O) groups is 1. The molecule has 198 valence electrons. The second kappa shape index (κ2) is 12.0. The zero-order valence-electron chi connectivity index (χ0n) is 19.7. The van der Waals surface area contributed by atoms with Crippen LogP contribution in [0.4, 0.5) is 5.69 Å². The maximum Gasteiger partial charge on any atom is 0.243 e. The number of halogens is 2. The van der Waals surface area contributed by atoms with Crippen LogP contribution in [-0.2, 0) is 29.6 Å². The van der Waals surface area contributed by atoms with E-state index in [0.29, 0.717) is 32.1 Å². The van der Waals surface area contributed by atoms with E-state index >= 15 is 0 Å². The van der Waals surface area contributed by atoms with Gasteiger partial charge >= 0.3 is 0 Å². The van der Waals surface area contributed by atoms with E-state index in [1.165, 1.54) is 53.7 Å². The SMILES string of the molecule is C[C@H](C(=O)NCCOc1ccc(S(=O)(=O)N2CCOCC2)cc1)N(c1cc(Cl)ccc1Cl)S(C)(=O)=O. The van der Waals surface area contributed by atoms with Crippen molar-refractivity contribution in [1.82, 2.24) is 9.62 Å². The molecule has 1 fully saturated rings. The minimum absolute atomic E-state index is 0.0742. The first kappa shape index (κ1) is 28.5. The summed E-state index contributed by atoms with van der Waals surface area (Å²) >= 11 is 12.2. The van der Waals surface area contributed by atoms with Gasteiger partial charge < -0.3 is 14.8 Å². The molecule has 1 atom stereocenters. The number of nitrogens with one attached hydrogen (secondary N) is 1. The molecule has 3 rings (SSSR count). The molecule has 1 saturated heterocycles. The molecular weight excluding hydrogens is 553 g/mol. The number of hydrogen-bond acceptors (Lipinski definition) is 7. The molecule has 0 radical (unpaired) electrons. The molecule has 0 spiro atoms. The smallest absolute Gasteiger partial charge is 0.243 e. The summed E-state index contributed by atoms with van der Waals surface area (Å²) in [5, 5.41) is 3.03. The largest absolute Gasteiger partial charge is 0.492 e. The third-order valence-corrected chi connectivity index (χ3v) is 9.03. The number of benzene rings is 2. The third kappa shape index (κ3) is 7.02. The molecule has 0 bridgehead atoms. The van der Waals surface area contributed by atoms with E-state index in [2.05, 4.69) is 5.32 Å². The fraction of sp³-hybridized carbons (Fsp3) is 0.409. The fourth-order valence-corrected chi connectivity index (χ4v) is 6.58. The zero-order valence-corrected chi connectivity index (χ0v) is 22.8. The molecule has 1 aliphatic heterocycles. The first-order chi connectivity index (χ1) is 16.9. The van der Waals surface area contributed by atoms with Gasteiger partial charge in [-0.25, -0.2) is 16.8 Å². The van der Waals surface area contributed by atoms with Crippen LogP contribution in [0.1, 0.15) is 6.92 Å². The molecule has 0 aromatic heterocycles. The van der Waals surface area contributed by atoms with Crippen LogP contribution in [0.5, 0.6) is 5.75 Å². The summed E-state index contributed by atoms with van der Waals surface area (Å²) in [4.78, 5) is 12.8. The first-order valence-corrected chi connectivity index (χ1v) is 15.0. The second-order valence-corrected chi connectivity index (χ2v) is 12.6. The van der Waals surface area contributed by atoms with Crippen LogP contribution in [0.2, 0.25) is 10.0 Å². The van der Waals surface area contributed by atoms with Crippen LogP contribution in [0, 0.1) is 0 Å². The highest BCUT2D eigenvalue weighted by Crippen LogP contribution is 2.32. The fourth-order valence-electron chi connectivity index (χ4n) is 3.57. The number of sulfonamides is 2. The van der Waals surface area contributed by atoms with Crippen molar-refractivity contribution in [2.45, 2.75) is 17.9 Å². The predicted octanol–water partition coefficient (Wildman–Crippen LogP) is 2.36. The van der Waals surface area contributed by atoms with Crippen molar-refractivity contribution in [1.29, 1.82) is 0 Å². The van der Waals surface area contributed by atoms with E-state index in [-0.39, 0.29) is 33.8 Å². The van der Waals surface area contributed by atoms with Crippen LogP contribution >= 0.6 is 23.2 Å². The lowest BCUT2D eigenvalue weighted by Crippen LogP contribution is -2.48. The standard InChI is InChI=1S/C22H27Cl2N3O7S2/c1-16(27(35(2,29)30)21-15-17(23)3-8-20(21)24)22(28)25-9-12-34-18-4-6-19(7-5-18)36(31,32)26-10-13-33-14-11-26/h3-8,15-16H,9-14H2,1-2H3,(H,25,28)/t16-/m1/s1. The summed E-state index contributed by atoms with van der Waals surface area (Å²) in [6, 6.07) is 9.21. The van der Waals surface area contributed by atoms with Gasteiger partial charge in [-0.2, -0.15) is 4.31 Å². The molecule has 0 aliphatic carbocycles. The summed E-state index contributed by atoms with van der Waals surface area (Å²) in [6.45, 7) is 2.92. The van der Waals surface area contributed by atoms with E-state index in [0.717, 1.165) is 10.6 Å². The van der Waals surface area contributed by atoms with Crippen molar-refractivity contribution >= 4 is 54.8 Å². The molecule has 1 heterocycles. The quantitative estimate of drug-likeness (QED) is 0.428. The number of hydrogen-bond donors (Lipinski definition) is 1. The van der Waals surface area contributed by atoms with Crippen molar-refractivity contribution in [2.24, 2.45) is 0 Å². The van der Waals surface area contributed by atoms with Gasteiger partial charge in [-0.1, -0.05) is 23.2 Å². The van der Waals surface area contributed by atoms with Gasteiger partial charge in [-0.15, -0.1) is 0 Å². The Morgan fingerprint density at radius 2 is 1.75 bits per heavy atom. The van der Waals surface area contributed by atoms with Gasteiger partial charge in [0.2, 0.25) is 26.0 Å². The van der Waals surface area contributed by atoms with Crippen LogP contribution in [-0.4, -0.2) is 78.8 Å². The van der Waals surface area contributed by atoms with Gasteiger partial charge in [0.1, 0.15) is 18.4 Å². The molecule has 0 saturated carbocycles. The van der Waals surface area contributed by atoms with Crippen LogP contribution in [0.3, 0.4) is 0 Å². The van der Waals surface area contributed by atoms with Crippen LogP contribution in [0.15, 0.2) is 47.4 Å². The Bertz CT molecular complexity index is 1280. The number of carbonyl (C=O) groups excluding carboxylic acids is 1. The molecule has 36 heavy (non-hydrogen) atoms. The first-order valence-electron chi connectivity index (χ1n) is 10.9. The molecular formula is C22H27Cl2N3O7S2. The highest BCUT2D eigenvalue weighted by molar-refractivity contribution is 7.92. The number of anilines is 1. The van der Waals surface area contributed by atoms with E-state index in [9.17, 15) is 21.6 Å². The molecule has 1 amide bonds. The van der Waals surface area contributed by atoms with Crippen molar-refractivity contribution < 1.29 is 31.1 Å². The Balaban J connectivity index is 1.56. The minimum atomic E-state index is -3.86. The Kier molecular flexibility index (Phi) is 9.47. The Hall–Kier alpha value is -2.09. The van der Waals surface area contributed by atoms with Crippen molar-refractivity contribution in [3.63, 3.8) is 0 Å². The highest BCUT2D eigenvalue weighted by Gasteiger charge is 2.31. The number of nitrogens with zero attached hydrogens (tertiary/aromatic N) is 2. The molecule has 2 aromatic carbocycles. The number of morpholine rings is 1. The predicted molar refractivity (Wildman–Crippen MR) is 138 cm³/mol. The summed E-state index contributed by atoms with van der Waals surface area (Å²) in [7, 11) is -7.47. The molecule has 0 unspecified atom stereocenters. The normalized spacial score (nSPS) is 15.8. The molecule has 2 aromatic rings. The van der Waals surface area contributed by atoms with Gasteiger partial charge in [-0.3, -0.25) is 9.10 Å². The maximum absolute atomic E-state index is 12.7. The highest BCUT2D eigenvalue weighted by atomic mass is 35.5. The Morgan fingerprint density at radius 1 is 1.11 bits per heavy atom. The third-order valence-electron chi connectivity index (χ3n) is 5.34. The van der Waals surface area contributed by atoms with Crippen LogP contribution < -0.4 is 14.4 Å². The summed E-state index contributed by atoms with van der Waals surface area (Å²) in [6.07, 6.45) is 0.972. The number of ether oxygens (including phenoxy) is 2. The number of rotatable bonds is 10. The van der Waals surface area contributed by atoms with Crippen LogP contribution in [0.25, 0.3) is 0 Å². The van der Waals surface area contributed by atoms with Crippen molar-refractivity contribution in [3.05, 3.63) is 52.5 Å². The van der Waals surface area contributed by atoms with E-state index < -0.39 is 32.0 Å². The molecule has 14 heteroatoms. The lowest BCUT2D eigenvalue weighted by Gasteiger charge is -2.29. The second-order valence-electron chi connectivity index (χ2n) is 7.96. The summed E-state index contributed by atoms with van der Waals surface area (Å²) in [5.41, 5.74) is 0.0951. The number of amides is 1. The topological polar surface area (TPSA) is 122 Å². The summed E-state index contributed by atoms with van der Waals surface area (Å²) < 4.78 is 63.3. The van der Waals surface area contributed by atoms with E-state index in [1.54, 1.807) is 0 Å². The zero-order chi connectivity index (χ0) is 26.5. The maximum atomic E-state index is 12.7. The van der Waals surface area contributed by atoms with Crippen molar-refractivity contribution in [2.75, 3.05) is 50.0 Å². The lowest BCUT2D eigenvalue weighted by atomic mass is 10.2. The van der Waals surface area contributed by atoms with Gasteiger partial charge in [0, 0.05) is 18.1 Å². The molecule has 10 nitrogen and oxygen atoms in total. The lowest BCUT2D eigenvalue weighted by molar-refractivity contribution is -0.121. The van der Waals surface area contributed by atoms with Gasteiger partial charge in [0.25, 0.3) is 0 Å².